The Morgan fingerprint density at radius 3 is 1.61 bits per heavy atom. The van der Waals surface area contributed by atoms with Crippen molar-refractivity contribution in [2.75, 3.05) is 9.80 Å². The van der Waals surface area contributed by atoms with Crippen molar-refractivity contribution in [3.05, 3.63) is 243 Å². The lowest BCUT2D eigenvalue weighted by Gasteiger charge is -2.31. The highest BCUT2D eigenvalue weighted by atomic mass is 32.1. The molecule has 0 atom stereocenters. The zero-order valence-corrected chi connectivity index (χ0v) is 39.8. The first-order valence-corrected chi connectivity index (χ1v) is 25.7. The molecule has 0 radical (unpaired) electrons. The van der Waals surface area contributed by atoms with Gasteiger partial charge in [0.2, 0.25) is 0 Å². The molecule has 3 nitrogen and oxygen atoms in total. The van der Waals surface area contributed by atoms with E-state index in [1.54, 1.807) is 0 Å². The molecule has 12 aromatic carbocycles. The second kappa shape index (κ2) is 15.9. The predicted octanol–water partition coefficient (Wildman–Crippen LogP) is 20.4. The lowest BCUT2D eigenvalue weighted by molar-refractivity contribution is 0.669. The summed E-state index contributed by atoms with van der Waals surface area (Å²) in [5, 5.41) is 14.6. The van der Waals surface area contributed by atoms with Crippen LogP contribution < -0.4 is 9.80 Å². The fourth-order valence-electron chi connectivity index (χ4n) is 11.0. The summed E-state index contributed by atoms with van der Waals surface area (Å²) in [6.45, 7) is 0. The molecule has 15 aromatic rings. The number of rotatable bonds is 7. The second-order valence-corrected chi connectivity index (χ2v) is 20.6. The summed E-state index contributed by atoms with van der Waals surface area (Å²) >= 11 is 3.72. The number of hydrogen-bond acceptors (Lipinski definition) is 5. The standard InChI is InChI=1S/C66H40N2OS2/c1-3-14-44-35-47(25-21-41(44)11-1)67(50-28-31-61-56(39-50)53-17-7-9-19-60(53)69-61)49-27-30-59(55(38-49)46-24-32-64-58(37-46)66-52-16-6-5-13-43(52)23-33-65(66)71-64)68(48-26-22-42-12-2-4-15-45(42)36-48)51-29-34-63-57(40-51)54-18-8-10-20-62(54)70-63/h1-40H. The van der Waals surface area contributed by atoms with E-state index in [0.717, 1.165) is 67.2 Å². The maximum absolute atomic E-state index is 6.39. The molecule has 3 aromatic heterocycles. The molecule has 0 saturated carbocycles. The number of thiophene rings is 2. The highest BCUT2D eigenvalue weighted by Crippen LogP contribution is 2.49. The Bertz CT molecular complexity index is 4640. The summed E-state index contributed by atoms with van der Waals surface area (Å²) in [6.07, 6.45) is 0. The maximum atomic E-state index is 6.39. The third kappa shape index (κ3) is 6.55. The highest BCUT2D eigenvalue weighted by Gasteiger charge is 2.24. The summed E-state index contributed by atoms with van der Waals surface area (Å²) in [5.41, 5.74) is 10.5. The van der Waals surface area contributed by atoms with Crippen LogP contribution in [-0.4, -0.2) is 0 Å². The van der Waals surface area contributed by atoms with Crippen molar-refractivity contribution in [2.45, 2.75) is 0 Å². The van der Waals surface area contributed by atoms with Gasteiger partial charge >= 0.3 is 0 Å². The van der Waals surface area contributed by atoms with Crippen molar-refractivity contribution in [3.63, 3.8) is 0 Å². The maximum Gasteiger partial charge on any atom is 0.135 e. The molecule has 0 aliphatic rings. The first-order chi connectivity index (χ1) is 35.1. The topological polar surface area (TPSA) is 19.6 Å². The summed E-state index contributed by atoms with van der Waals surface area (Å²) < 4.78 is 11.5. The Morgan fingerprint density at radius 2 is 0.789 bits per heavy atom. The van der Waals surface area contributed by atoms with Gasteiger partial charge in [-0.15, -0.1) is 22.7 Å². The summed E-state index contributed by atoms with van der Waals surface area (Å²) in [7, 11) is 0. The zero-order chi connectivity index (χ0) is 46.6. The smallest absolute Gasteiger partial charge is 0.135 e. The molecule has 0 saturated heterocycles. The molecule has 3 heterocycles. The van der Waals surface area contributed by atoms with Crippen LogP contribution in [0.3, 0.4) is 0 Å². The molecule has 0 N–H and O–H groups in total. The number of para-hydroxylation sites is 1. The van der Waals surface area contributed by atoms with E-state index in [-0.39, 0.29) is 0 Å². The molecule has 15 rings (SSSR count). The zero-order valence-electron chi connectivity index (χ0n) is 38.2. The van der Waals surface area contributed by atoms with Gasteiger partial charge in [0.15, 0.2) is 0 Å². The molecule has 0 unspecified atom stereocenters. The largest absolute Gasteiger partial charge is 0.456 e. The fourth-order valence-corrected chi connectivity index (χ4v) is 13.2. The van der Waals surface area contributed by atoms with Gasteiger partial charge in [-0.05, 0) is 147 Å². The monoisotopic (exact) mass is 940 g/mol. The van der Waals surface area contributed by atoms with Gasteiger partial charge in [0.05, 0.1) is 5.69 Å². The van der Waals surface area contributed by atoms with Crippen molar-refractivity contribution in [2.24, 2.45) is 0 Å². The third-order valence-corrected chi connectivity index (χ3v) is 16.7. The van der Waals surface area contributed by atoms with Crippen LogP contribution in [0.4, 0.5) is 34.1 Å². The first kappa shape index (κ1) is 40.2. The molecule has 0 aliphatic heterocycles. The Balaban J connectivity index is 1.02. The van der Waals surface area contributed by atoms with Crippen molar-refractivity contribution in [1.82, 2.24) is 0 Å². The minimum atomic E-state index is 0.870. The van der Waals surface area contributed by atoms with Gasteiger partial charge in [-0.2, -0.15) is 0 Å². The molecule has 0 amide bonds. The van der Waals surface area contributed by atoms with Crippen molar-refractivity contribution < 1.29 is 4.42 Å². The van der Waals surface area contributed by atoms with Crippen LogP contribution >= 0.6 is 22.7 Å². The molecule has 0 spiro atoms. The van der Waals surface area contributed by atoms with Crippen LogP contribution in [0.5, 0.6) is 0 Å². The van der Waals surface area contributed by atoms with Gasteiger partial charge in [0.25, 0.3) is 0 Å². The van der Waals surface area contributed by atoms with Crippen LogP contribution in [0.2, 0.25) is 0 Å². The van der Waals surface area contributed by atoms with Crippen molar-refractivity contribution in [1.29, 1.82) is 0 Å². The Hall–Kier alpha value is -8.74. The van der Waals surface area contributed by atoms with E-state index in [2.05, 4.69) is 246 Å². The van der Waals surface area contributed by atoms with Crippen LogP contribution in [-0.2, 0) is 0 Å². The average molecular weight is 941 g/mol. The van der Waals surface area contributed by atoms with Gasteiger partial charge in [0, 0.05) is 85.1 Å². The molecular formula is C66H40N2OS2. The molecule has 5 heteroatoms. The van der Waals surface area contributed by atoms with Gasteiger partial charge in [0.1, 0.15) is 11.2 Å². The Labute approximate surface area is 416 Å². The highest BCUT2D eigenvalue weighted by molar-refractivity contribution is 7.26. The number of fused-ring (bicyclic) bond motifs is 13. The quantitative estimate of drug-likeness (QED) is 0.159. The molecule has 332 valence electrons. The lowest BCUT2D eigenvalue weighted by Crippen LogP contribution is -2.13. The van der Waals surface area contributed by atoms with E-state index in [1.165, 1.54) is 72.7 Å². The Morgan fingerprint density at radius 1 is 0.282 bits per heavy atom. The van der Waals surface area contributed by atoms with E-state index >= 15 is 0 Å². The minimum absolute atomic E-state index is 0.870. The van der Waals surface area contributed by atoms with E-state index < -0.39 is 0 Å². The predicted molar refractivity (Wildman–Crippen MR) is 307 cm³/mol. The summed E-state index contributed by atoms with van der Waals surface area (Å²) in [5.74, 6) is 0. The van der Waals surface area contributed by atoms with Crippen LogP contribution in [0.1, 0.15) is 0 Å². The molecule has 0 bridgehead atoms. The van der Waals surface area contributed by atoms with Crippen LogP contribution in [0.25, 0.3) is 106 Å². The fraction of sp³-hybridized carbons (Fsp3) is 0. The first-order valence-electron chi connectivity index (χ1n) is 24.0. The third-order valence-electron chi connectivity index (χ3n) is 14.4. The Kier molecular flexibility index (Phi) is 9.00. The number of benzene rings is 12. The number of nitrogens with zero attached hydrogens (tertiary/aromatic N) is 2. The molecule has 0 aliphatic carbocycles. The number of anilines is 6. The normalized spacial score (nSPS) is 11.9. The number of hydrogen-bond donors (Lipinski definition) is 0. The van der Waals surface area contributed by atoms with Crippen molar-refractivity contribution in [3.8, 4) is 11.1 Å². The van der Waals surface area contributed by atoms with Crippen LogP contribution in [0, 0.1) is 0 Å². The van der Waals surface area contributed by atoms with E-state index in [0.29, 0.717) is 0 Å². The lowest BCUT2D eigenvalue weighted by atomic mass is 9.97. The average Bonchev–Trinajstić information content (AvgIpc) is 4.12. The minimum Gasteiger partial charge on any atom is -0.456 e. The molecular weight excluding hydrogens is 901 g/mol. The summed E-state index contributed by atoms with van der Waals surface area (Å²) in [6, 6.07) is 89.3. The molecule has 71 heavy (non-hydrogen) atoms. The van der Waals surface area contributed by atoms with E-state index in [9.17, 15) is 0 Å². The van der Waals surface area contributed by atoms with Crippen LogP contribution in [0.15, 0.2) is 247 Å². The second-order valence-electron chi connectivity index (χ2n) is 18.5. The van der Waals surface area contributed by atoms with E-state index in [4.69, 9.17) is 4.42 Å². The van der Waals surface area contributed by atoms with Gasteiger partial charge in [-0.3, -0.25) is 0 Å². The SMILES string of the molecule is c1ccc2cc(N(c3ccc(N(c4ccc5ccccc5c4)c4ccc5sc6ccccc6c5c4)c(-c4ccc5sc6ccc7ccccc7c6c5c4)c3)c3ccc4oc5ccccc5c4c3)ccc2c1. The van der Waals surface area contributed by atoms with Crippen molar-refractivity contribution >= 4 is 151 Å². The van der Waals surface area contributed by atoms with Gasteiger partial charge in [-0.1, -0.05) is 133 Å². The van der Waals surface area contributed by atoms with Gasteiger partial charge in [-0.25, -0.2) is 0 Å². The van der Waals surface area contributed by atoms with E-state index in [1.807, 2.05) is 28.7 Å². The molecule has 0 fully saturated rings. The summed E-state index contributed by atoms with van der Waals surface area (Å²) in [4.78, 5) is 4.89. The number of furan rings is 1. The van der Waals surface area contributed by atoms with Gasteiger partial charge < -0.3 is 14.2 Å².